The fourth-order valence-corrected chi connectivity index (χ4v) is 0.217. The molecule has 0 aromatic rings. The minimum Gasteiger partial charge on any atom is -0.0844 e. The van der Waals surface area contributed by atoms with Gasteiger partial charge in [0.1, 0.15) is 0 Å². The first-order chi connectivity index (χ1) is 2.91. The summed E-state index contributed by atoms with van der Waals surface area (Å²) < 4.78 is 0. The van der Waals surface area contributed by atoms with Crippen LogP contribution in [0.5, 0.6) is 0 Å². The Kier molecular flexibility index (Phi) is 4.23. The summed E-state index contributed by atoms with van der Waals surface area (Å²) in [6.45, 7) is 2.08. The van der Waals surface area contributed by atoms with Crippen LogP contribution in [0.4, 0.5) is 0 Å². The highest BCUT2D eigenvalue weighted by molar-refractivity contribution is 4.94. The van der Waals surface area contributed by atoms with Gasteiger partial charge < -0.3 is 0 Å². The van der Waals surface area contributed by atoms with E-state index in [1.165, 1.54) is 0 Å². The normalized spacial score (nSPS) is 7.33. The Hall–Kier alpha value is -0.440. The molecule has 0 atom stereocenters. The number of hydrogen-bond acceptors (Lipinski definition) is 0. The van der Waals surface area contributed by atoms with Gasteiger partial charge in [-0.1, -0.05) is 19.3 Å². The molecule has 0 unspecified atom stereocenters. The molecular formula is C6H8. The van der Waals surface area contributed by atoms with E-state index in [2.05, 4.69) is 12.8 Å². The molecule has 0 aliphatic heterocycles. The van der Waals surface area contributed by atoms with Crippen LogP contribution in [0, 0.1) is 18.8 Å². The van der Waals surface area contributed by atoms with Crippen molar-refractivity contribution in [2.24, 2.45) is 0 Å². The first-order valence-corrected chi connectivity index (χ1v) is 2.15. The fourth-order valence-electron chi connectivity index (χ4n) is 0.217. The summed E-state index contributed by atoms with van der Waals surface area (Å²) >= 11 is 0. The van der Waals surface area contributed by atoms with Crippen LogP contribution in [0.3, 0.4) is 0 Å². The minimum atomic E-state index is 0.990. The van der Waals surface area contributed by atoms with Gasteiger partial charge in [-0.2, -0.15) is 0 Å². The fraction of sp³-hybridized carbons (Fsp3) is 0.500. The molecule has 0 spiro atoms. The van der Waals surface area contributed by atoms with Gasteiger partial charge in [0.25, 0.3) is 0 Å². The van der Waals surface area contributed by atoms with Gasteiger partial charge in [-0.25, -0.2) is 0 Å². The van der Waals surface area contributed by atoms with E-state index >= 15 is 0 Å². The van der Waals surface area contributed by atoms with Crippen molar-refractivity contribution >= 4 is 0 Å². The maximum Gasteiger partial charge on any atom is 0.0351 e. The highest BCUT2D eigenvalue weighted by atomic mass is 13.8. The Morgan fingerprint density at radius 3 is 2.67 bits per heavy atom. The van der Waals surface area contributed by atoms with Gasteiger partial charge in [0, 0.05) is 6.42 Å². The second kappa shape index (κ2) is 4.56. The maximum atomic E-state index is 6.40. The largest absolute Gasteiger partial charge is 0.0844 e. The standard InChI is InChI=1S/C6H8/c1-3-5-6-4-2/h6H,3,5H2,1H3. The molecular weight excluding hydrogens is 72.1 g/mol. The smallest absolute Gasteiger partial charge is 0.0351 e. The molecule has 0 amide bonds. The monoisotopic (exact) mass is 80.1 g/mol. The lowest BCUT2D eigenvalue weighted by Crippen LogP contribution is -1.64. The van der Waals surface area contributed by atoms with Crippen molar-refractivity contribution in [3.63, 3.8) is 0 Å². The van der Waals surface area contributed by atoms with Gasteiger partial charge in [0.05, 0.1) is 0 Å². The van der Waals surface area contributed by atoms with Crippen molar-refractivity contribution in [3.05, 3.63) is 12.8 Å². The van der Waals surface area contributed by atoms with Gasteiger partial charge in [0.15, 0.2) is 0 Å². The van der Waals surface area contributed by atoms with Crippen molar-refractivity contribution in [2.45, 2.75) is 19.8 Å². The lowest BCUT2D eigenvalue weighted by molar-refractivity contribution is 0.929. The molecule has 32 valence electrons. The zero-order chi connectivity index (χ0) is 4.83. The second-order valence-corrected chi connectivity index (χ2v) is 1.14. The van der Waals surface area contributed by atoms with E-state index < -0.39 is 0 Å². The summed E-state index contributed by atoms with van der Waals surface area (Å²) in [5.41, 5.74) is 0. The van der Waals surface area contributed by atoms with Crippen LogP contribution < -0.4 is 0 Å². The third-order valence-electron chi connectivity index (χ3n) is 0.535. The molecule has 0 fully saturated rings. The van der Waals surface area contributed by atoms with Gasteiger partial charge in [-0.05, 0) is 12.8 Å². The molecule has 0 heteroatoms. The van der Waals surface area contributed by atoms with Crippen LogP contribution in [0.1, 0.15) is 19.8 Å². The minimum absolute atomic E-state index is 0.990. The van der Waals surface area contributed by atoms with Crippen LogP contribution in [0.25, 0.3) is 0 Å². The van der Waals surface area contributed by atoms with Crippen molar-refractivity contribution < 1.29 is 0 Å². The van der Waals surface area contributed by atoms with Crippen molar-refractivity contribution in [1.82, 2.24) is 0 Å². The average molecular weight is 80.1 g/mol. The Morgan fingerprint density at radius 1 is 1.83 bits per heavy atom. The van der Waals surface area contributed by atoms with E-state index in [0.717, 1.165) is 12.8 Å². The van der Waals surface area contributed by atoms with E-state index in [1.54, 1.807) is 6.42 Å². The third-order valence-corrected chi connectivity index (χ3v) is 0.535. The Labute approximate surface area is 39.6 Å². The lowest BCUT2D eigenvalue weighted by Gasteiger charge is -1.78. The number of rotatable bonds is 2. The summed E-state index contributed by atoms with van der Waals surface area (Å²) in [4.78, 5) is 0. The van der Waals surface area contributed by atoms with E-state index in [4.69, 9.17) is 6.42 Å². The maximum absolute atomic E-state index is 6.40. The predicted octanol–water partition coefficient (Wildman–Crippen LogP) is 1.58. The molecule has 2 radical (unpaired) electrons. The Morgan fingerprint density at radius 2 is 2.50 bits per heavy atom. The molecule has 0 heterocycles. The van der Waals surface area contributed by atoms with Crippen molar-refractivity contribution in [3.8, 4) is 5.92 Å². The number of unbranched alkanes of at least 4 members (excludes halogenated alkanes) is 2. The quantitative estimate of drug-likeness (QED) is 0.349. The Bertz CT molecular complexity index is 47.5. The number of hydrogen-bond donors (Lipinski definition) is 0. The molecule has 0 saturated heterocycles. The highest BCUT2D eigenvalue weighted by Gasteiger charge is 1.72. The van der Waals surface area contributed by atoms with Crippen LogP contribution in [0.2, 0.25) is 0 Å². The van der Waals surface area contributed by atoms with Crippen LogP contribution in [0.15, 0.2) is 0 Å². The zero-order valence-electron chi connectivity index (χ0n) is 3.99. The molecule has 0 aliphatic carbocycles. The summed E-state index contributed by atoms with van der Waals surface area (Å²) in [6, 6.07) is 0. The van der Waals surface area contributed by atoms with Gasteiger partial charge in [-0.3, -0.25) is 0 Å². The predicted molar refractivity (Wildman–Crippen MR) is 26.3 cm³/mol. The topological polar surface area (TPSA) is 0 Å². The summed E-state index contributed by atoms with van der Waals surface area (Å²) in [7, 11) is 0. The molecule has 0 nitrogen and oxygen atoms in total. The third kappa shape index (κ3) is 3.56. The van der Waals surface area contributed by atoms with Crippen molar-refractivity contribution in [1.29, 1.82) is 0 Å². The Balaban J connectivity index is 2.54. The lowest BCUT2D eigenvalue weighted by atomic mass is 10.3. The van der Waals surface area contributed by atoms with E-state index in [9.17, 15) is 0 Å². The van der Waals surface area contributed by atoms with Crippen LogP contribution in [-0.2, 0) is 0 Å². The SMILES string of the molecule is [C]#C[CH]CCC. The molecule has 0 N–H and O–H groups in total. The molecule has 6 heavy (non-hydrogen) atoms. The first-order valence-electron chi connectivity index (χ1n) is 2.15. The summed E-state index contributed by atoms with van der Waals surface area (Å²) in [5, 5.41) is 0. The zero-order valence-corrected chi connectivity index (χ0v) is 3.99. The molecule has 0 aliphatic rings. The van der Waals surface area contributed by atoms with E-state index in [0.29, 0.717) is 0 Å². The van der Waals surface area contributed by atoms with Crippen LogP contribution in [-0.4, -0.2) is 0 Å². The molecule has 0 saturated carbocycles. The molecule has 0 bridgehead atoms. The molecule has 0 aromatic heterocycles. The molecule has 0 rings (SSSR count). The first kappa shape index (κ1) is 5.56. The summed E-state index contributed by atoms with van der Waals surface area (Å²) in [6.07, 6.45) is 10.2. The summed E-state index contributed by atoms with van der Waals surface area (Å²) in [5.74, 6) is 2.19. The van der Waals surface area contributed by atoms with Gasteiger partial charge in [-0.15, -0.1) is 0 Å². The van der Waals surface area contributed by atoms with Crippen molar-refractivity contribution in [2.75, 3.05) is 0 Å². The van der Waals surface area contributed by atoms with Gasteiger partial charge in [0.2, 0.25) is 0 Å². The van der Waals surface area contributed by atoms with E-state index in [-0.39, 0.29) is 0 Å². The second-order valence-electron chi connectivity index (χ2n) is 1.14. The highest BCUT2D eigenvalue weighted by Crippen LogP contribution is 1.87. The average Bonchev–Trinajstić information content (AvgIpc) is 1.61. The van der Waals surface area contributed by atoms with Gasteiger partial charge >= 0.3 is 0 Å². The van der Waals surface area contributed by atoms with Crippen LogP contribution >= 0.6 is 0 Å². The van der Waals surface area contributed by atoms with E-state index in [1.807, 2.05) is 0 Å². The molecule has 0 aromatic carbocycles.